The van der Waals surface area contributed by atoms with Crippen molar-refractivity contribution in [3.63, 3.8) is 0 Å². The second-order valence-corrected chi connectivity index (χ2v) is 5.82. The molecule has 0 aliphatic heterocycles. The number of pyridine rings is 1. The lowest BCUT2D eigenvalue weighted by molar-refractivity contribution is -0.385. The first-order chi connectivity index (χ1) is 9.15. The predicted octanol–water partition coefficient (Wildman–Crippen LogP) is 2.15. The van der Waals surface area contributed by atoms with Crippen LogP contribution in [-0.2, 0) is 0 Å². The maximum absolute atomic E-state index is 12.4. The van der Waals surface area contributed by atoms with E-state index in [9.17, 15) is 14.9 Å². The topological polar surface area (TPSA) is 88.4 Å². The Morgan fingerprint density at radius 3 is 2.55 bits per heavy atom. The lowest BCUT2D eigenvalue weighted by atomic mass is 9.96. The molecule has 7 heteroatoms. The molecule has 7 nitrogen and oxygen atoms in total. The summed E-state index contributed by atoms with van der Waals surface area (Å²) < 4.78 is 0. The van der Waals surface area contributed by atoms with Gasteiger partial charge in [0.15, 0.2) is 0 Å². The van der Waals surface area contributed by atoms with Crippen LogP contribution in [0.5, 0.6) is 0 Å². The van der Waals surface area contributed by atoms with Gasteiger partial charge in [-0.15, -0.1) is 0 Å². The van der Waals surface area contributed by atoms with Crippen LogP contribution >= 0.6 is 0 Å². The average Bonchev–Trinajstić information content (AvgIpc) is 2.34. The molecule has 1 amide bonds. The summed E-state index contributed by atoms with van der Waals surface area (Å²) in [5.41, 5.74) is -0.325. The van der Waals surface area contributed by atoms with Gasteiger partial charge in [-0.05, 0) is 5.41 Å². The van der Waals surface area contributed by atoms with E-state index in [-0.39, 0.29) is 22.6 Å². The van der Waals surface area contributed by atoms with Gasteiger partial charge in [0.05, 0.1) is 4.92 Å². The van der Waals surface area contributed by atoms with E-state index in [1.54, 1.807) is 14.1 Å². The molecule has 110 valence electrons. The van der Waals surface area contributed by atoms with E-state index in [1.165, 1.54) is 11.0 Å². The molecule has 0 radical (unpaired) electrons. The summed E-state index contributed by atoms with van der Waals surface area (Å²) in [5.74, 6) is 0.0358. The van der Waals surface area contributed by atoms with Crippen LogP contribution in [0.1, 0.15) is 31.1 Å². The quantitative estimate of drug-likeness (QED) is 0.674. The van der Waals surface area contributed by atoms with Gasteiger partial charge in [0.1, 0.15) is 17.6 Å². The van der Waals surface area contributed by atoms with Crippen molar-refractivity contribution in [3.8, 4) is 0 Å². The van der Waals surface area contributed by atoms with Crippen LogP contribution in [0.2, 0.25) is 0 Å². The molecule has 0 aromatic carbocycles. The van der Waals surface area contributed by atoms with Crippen molar-refractivity contribution in [1.82, 2.24) is 9.88 Å². The molecular formula is C13H20N4O3. The predicted molar refractivity (Wildman–Crippen MR) is 76.9 cm³/mol. The summed E-state index contributed by atoms with van der Waals surface area (Å²) in [7, 11) is 3.28. The molecule has 1 aromatic heterocycles. The maximum Gasteiger partial charge on any atom is 0.300 e. The molecule has 0 unspecified atom stereocenters. The highest BCUT2D eigenvalue weighted by atomic mass is 16.6. The maximum atomic E-state index is 12.4. The van der Waals surface area contributed by atoms with Crippen LogP contribution in [-0.4, -0.2) is 41.4 Å². The first-order valence-electron chi connectivity index (χ1n) is 6.23. The lowest BCUT2D eigenvalue weighted by Crippen LogP contribution is -2.34. The fourth-order valence-corrected chi connectivity index (χ4v) is 1.89. The molecule has 1 aromatic rings. The molecule has 1 rings (SSSR count). The van der Waals surface area contributed by atoms with Gasteiger partial charge in [-0.3, -0.25) is 14.9 Å². The number of hydrogen-bond acceptors (Lipinski definition) is 5. The summed E-state index contributed by atoms with van der Waals surface area (Å²) in [6.07, 6.45) is 1.10. The van der Waals surface area contributed by atoms with Gasteiger partial charge in [0.25, 0.3) is 11.6 Å². The number of carbonyl (C=O) groups excluding carboxylic acids is 1. The SMILES string of the molecule is CNc1cc(C(=O)N(C)CC(C)(C)C)c([N+](=O)[O-])cn1. The van der Waals surface area contributed by atoms with Crippen molar-refractivity contribution < 1.29 is 9.72 Å². The van der Waals surface area contributed by atoms with Crippen molar-refractivity contribution in [3.05, 3.63) is 27.9 Å². The second kappa shape index (κ2) is 5.85. The van der Waals surface area contributed by atoms with Gasteiger partial charge in [-0.25, -0.2) is 4.98 Å². The molecular weight excluding hydrogens is 260 g/mol. The zero-order valence-electron chi connectivity index (χ0n) is 12.4. The zero-order valence-corrected chi connectivity index (χ0v) is 12.4. The van der Waals surface area contributed by atoms with Crippen LogP contribution in [0.4, 0.5) is 11.5 Å². The van der Waals surface area contributed by atoms with Crippen LogP contribution < -0.4 is 5.32 Å². The molecule has 0 fully saturated rings. The van der Waals surface area contributed by atoms with Crippen LogP contribution in [0.3, 0.4) is 0 Å². The lowest BCUT2D eigenvalue weighted by Gasteiger charge is -2.26. The summed E-state index contributed by atoms with van der Waals surface area (Å²) in [6, 6.07) is 1.40. The van der Waals surface area contributed by atoms with Gasteiger partial charge in [0, 0.05) is 26.7 Å². The van der Waals surface area contributed by atoms with Gasteiger partial charge in [-0.2, -0.15) is 0 Å². The Kier molecular flexibility index (Phi) is 4.65. The van der Waals surface area contributed by atoms with Gasteiger partial charge >= 0.3 is 0 Å². The van der Waals surface area contributed by atoms with Crippen LogP contribution in [0.15, 0.2) is 12.3 Å². The number of nitrogens with zero attached hydrogens (tertiary/aromatic N) is 3. The Labute approximate surface area is 118 Å². The van der Waals surface area contributed by atoms with E-state index in [0.29, 0.717) is 12.4 Å². The number of nitrogens with one attached hydrogen (secondary N) is 1. The molecule has 0 aliphatic carbocycles. The van der Waals surface area contributed by atoms with Crippen molar-refractivity contribution in [1.29, 1.82) is 0 Å². The Morgan fingerprint density at radius 2 is 2.10 bits per heavy atom. The summed E-state index contributed by atoms with van der Waals surface area (Å²) >= 11 is 0. The fourth-order valence-electron chi connectivity index (χ4n) is 1.89. The Hall–Kier alpha value is -2.18. The highest BCUT2D eigenvalue weighted by molar-refractivity contribution is 5.98. The van der Waals surface area contributed by atoms with Gasteiger partial charge < -0.3 is 10.2 Å². The smallest absolute Gasteiger partial charge is 0.300 e. The fraction of sp³-hybridized carbons (Fsp3) is 0.538. The number of amides is 1. The third-order valence-electron chi connectivity index (χ3n) is 2.62. The minimum atomic E-state index is -0.593. The normalized spacial score (nSPS) is 11.1. The van der Waals surface area contributed by atoms with E-state index in [0.717, 1.165) is 6.20 Å². The Morgan fingerprint density at radius 1 is 1.50 bits per heavy atom. The Balaban J connectivity index is 3.16. The molecule has 0 bridgehead atoms. The van der Waals surface area contributed by atoms with E-state index in [1.807, 2.05) is 20.8 Å². The molecule has 1 N–H and O–H groups in total. The van der Waals surface area contributed by atoms with Crippen molar-refractivity contribution in [2.24, 2.45) is 5.41 Å². The standard InChI is InChI=1S/C13H20N4O3/c1-13(2,3)8-16(5)12(18)9-6-11(14-4)15-7-10(9)17(19)20/h6-7H,8H2,1-5H3,(H,14,15). The number of nitro groups is 1. The molecule has 0 atom stereocenters. The number of aromatic nitrogens is 1. The molecule has 0 aliphatic rings. The van der Waals surface area contributed by atoms with Crippen molar-refractivity contribution >= 4 is 17.4 Å². The number of hydrogen-bond donors (Lipinski definition) is 1. The first-order valence-corrected chi connectivity index (χ1v) is 6.23. The molecule has 20 heavy (non-hydrogen) atoms. The highest BCUT2D eigenvalue weighted by Gasteiger charge is 2.26. The third-order valence-corrected chi connectivity index (χ3v) is 2.62. The first kappa shape index (κ1) is 15.9. The Bertz CT molecular complexity index is 523. The molecule has 0 saturated heterocycles. The monoisotopic (exact) mass is 280 g/mol. The largest absolute Gasteiger partial charge is 0.373 e. The third kappa shape index (κ3) is 3.91. The van der Waals surface area contributed by atoms with Gasteiger partial charge in [0.2, 0.25) is 0 Å². The molecule has 0 saturated carbocycles. The highest BCUT2D eigenvalue weighted by Crippen LogP contribution is 2.23. The summed E-state index contributed by atoms with van der Waals surface area (Å²) in [6.45, 7) is 6.49. The number of rotatable bonds is 4. The van der Waals surface area contributed by atoms with E-state index >= 15 is 0 Å². The van der Waals surface area contributed by atoms with Crippen LogP contribution in [0.25, 0.3) is 0 Å². The van der Waals surface area contributed by atoms with E-state index < -0.39 is 4.92 Å². The minimum absolute atomic E-state index is 0.0427. The van der Waals surface area contributed by atoms with Crippen LogP contribution in [0, 0.1) is 15.5 Å². The van der Waals surface area contributed by atoms with Crippen molar-refractivity contribution in [2.45, 2.75) is 20.8 Å². The average molecular weight is 280 g/mol. The van der Waals surface area contributed by atoms with Crippen molar-refractivity contribution in [2.75, 3.05) is 26.0 Å². The van der Waals surface area contributed by atoms with Gasteiger partial charge in [-0.1, -0.05) is 20.8 Å². The zero-order chi connectivity index (χ0) is 15.5. The molecule has 1 heterocycles. The second-order valence-electron chi connectivity index (χ2n) is 5.82. The van der Waals surface area contributed by atoms with E-state index in [4.69, 9.17) is 0 Å². The minimum Gasteiger partial charge on any atom is -0.373 e. The molecule has 0 spiro atoms. The number of carbonyl (C=O) groups is 1. The summed E-state index contributed by atoms with van der Waals surface area (Å²) in [5, 5.41) is 13.8. The number of anilines is 1. The van der Waals surface area contributed by atoms with E-state index in [2.05, 4.69) is 10.3 Å². The summed E-state index contributed by atoms with van der Waals surface area (Å²) in [4.78, 5) is 28.2.